The van der Waals surface area contributed by atoms with Crippen molar-refractivity contribution in [2.45, 2.75) is 6.92 Å². The van der Waals surface area contributed by atoms with Crippen LogP contribution in [-0.2, 0) is 4.74 Å². The van der Waals surface area contributed by atoms with Gasteiger partial charge in [-0.25, -0.2) is 4.79 Å². The molecule has 0 radical (unpaired) electrons. The van der Waals surface area contributed by atoms with Gasteiger partial charge in [-0.3, -0.25) is 14.9 Å². The summed E-state index contributed by atoms with van der Waals surface area (Å²) >= 11 is 0. The van der Waals surface area contributed by atoms with Crippen LogP contribution in [0.2, 0.25) is 0 Å². The minimum absolute atomic E-state index is 0.0831. The van der Waals surface area contributed by atoms with E-state index in [4.69, 9.17) is 4.74 Å². The van der Waals surface area contributed by atoms with Crippen LogP contribution in [0.1, 0.15) is 17.3 Å². The molecule has 0 fully saturated rings. The second-order valence-electron chi connectivity index (χ2n) is 3.74. The lowest BCUT2D eigenvalue weighted by Gasteiger charge is -2.03. The fourth-order valence-corrected chi connectivity index (χ4v) is 1.68. The molecule has 2 rings (SSSR count). The normalized spacial score (nSPS) is 10.4. The highest BCUT2D eigenvalue weighted by Gasteiger charge is 2.16. The van der Waals surface area contributed by atoms with Crippen LogP contribution in [0.3, 0.4) is 0 Å². The predicted molar refractivity (Wildman–Crippen MR) is 67.2 cm³/mol. The van der Waals surface area contributed by atoms with Crippen LogP contribution in [0.25, 0.3) is 10.9 Å². The van der Waals surface area contributed by atoms with Crippen molar-refractivity contribution in [3.8, 4) is 0 Å². The van der Waals surface area contributed by atoms with E-state index in [9.17, 15) is 19.7 Å². The monoisotopic (exact) mass is 262 g/mol. The third-order valence-corrected chi connectivity index (χ3v) is 2.57. The summed E-state index contributed by atoms with van der Waals surface area (Å²) in [6.07, 6.45) is 1.24. The third kappa shape index (κ3) is 2.30. The number of rotatable bonds is 3. The molecule has 98 valence electrons. The number of carbonyl (C=O) groups excluding carboxylic acids is 1. The van der Waals surface area contributed by atoms with Crippen LogP contribution in [0, 0.1) is 10.1 Å². The van der Waals surface area contributed by atoms with E-state index < -0.39 is 16.3 Å². The van der Waals surface area contributed by atoms with E-state index in [1.165, 1.54) is 18.3 Å². The number of carbonyl (C=O) groups is 1. The summed E-state index contributed by atoms with van der Waals surface area (Å²) in [5, 5.41) is 10.8. The molecule has 0 unspecified atom stereocenters. The van der Waals surface area contributed by atoms with Crippen molar-refractivity contribution in [2.24, 2.45) is 0 Å². The molecule has 0 spiro atoms. The molecular formula is C12H10N2O5. The molecule has 0 atom stereocenters. The Balaban J connectivity index is 2.65. The number of nitrogens with one attached hydrogen (secondary N) is 1. The Bertz CT molecular complexity index is 720. The Morgan fingerprint density at radius 1 is 1.47 bits per heavy atom. The number of aromatic nitrogens is 1. The molecule has 1 N–H and O–H groups in total. The lowest BCUT2D eigenvalue weighted by Crippen LogP contribution is -2.18. The number of non-ortho nitro benzene ring substituents is 1. The number of nitro groups is 1. The number of hydrogen-bond donors (Lipinski definition) is 1. The number of nitro benzene ring substituents is 1. The molecule has 0 aliphatic carbocycles. The zero-order valence-corrected chi connectivity index (χ0v) is 10.0. The molecule has 0 saturated heterocycles. The predicted octanol–water partition coefficient (Wildman–Crippen LogP) is 1.61. The van der Waals surface area contributed by atoms with Crippen LogP contribution in [-0.4, -0.2) is 22.5 Å². The first-order valence-electron chi connectivity index (χ1n) is 5.51. The van der Waals surface area contributed by atoms with Crippen molar-refractivity contribution >= 4 is 22.6 Å². The van der Waals surface area contributed by atoms with Crippen LogP contribution in [0.4, 0.5) is 5.69 Å². The first-order chi connectivity index (χ1) is 9.04. The summed E-state index contributed by atoms with van der Waals surface area (Å²) in [4.78, 5) is 36.4. The minimum atomic E-state index is -0.753. The van der Waals surface area contributed by atoms with Gasteiger partial charge in [0.2, 0.25) is 5.43 Å². The van der Waals surface area contributed by atoms with Crippen LogP contribution >= 0.6 is 0 Å². The van der Waals surface area contributed by atoms with E-state index in [0.29, 0.717) is 5.52 Å². The summed E-state index contributed by atoms with van der Waals surface area (Å²) in [5.41, 5.74) is -0.548. The summed E-state index contributed by atoms with van der Waals surface area (Å²) in [7, 11) is 0. The minimum Gasteiger partial charge on any atom is -0.462 e. The first kappa shape index (κ1) is 12.7. The smallest absolute Gasteiger partial charge is 0.343 e. The molecular weight excluding hydrogens is 252 g/mol. The summed E-state index contributed by atoms with van der Waals surface area (Å²) in [6, 6.07) is 3.84. The van der Waals surface area contributed by atoms with Gasteiger partial charge in [-0.2, -0.15) is 0 Å². The second-order valence-corrected chi connectivity index (χ2v) is 3.74. The Labute approximate surface area is 107 Å². The molecule has 19 heavy (non-hydrogen) atoms. The highest BCUT2D eigenvalue weighted by molar-refractivity contribution is 5.93. The zero-order valence-electron chi connectivity index (χ0n) is 10.0. The highest BCUT2D eigenvalue weighted by Crippen LogP contribution is 2.17. The zero-order chi connectivity index (χ0) is 14.0. The van der Waals surface area contributed by atoms with Gasteiger partial charge in [0.25, 0.3) is 5.69 Å². The van der Waals surface area contributed by atoms with Gasteiger partial charge in [0, 0.05) is 23.8 Å². The van der Waals surface area contributed by atoms with Gasteiger partial charge in [0.15, 0.2) is 0 Å². The molecule has 0 aliphatic rings. The van der Waals surface area contributed by atoms with Crippen molar-refractivity contribution in [3.05, 3.63) is 50.3 Å². The molecule has 7 heteroatoms. The standard InChI is InChI=1S/C12H10N2O5/c1-2-19-12(16)9-6-13-10-4-3-7(14(17)18)5-8(10)11(9)15/h3-6H,2H2,1H3,(H,13,15). The van der Waals surface area contributed by atoms with Crippen LogP contribution in [0.5, 0.6) is 0 Å². The Hall–Kier alpha value is -2.70. The first-order valence-corrected chi connectivity index (χ1v) is 5.51. The summed E-state index contributed by atoms with van der Waals surface area (Å²) in [6.45, 7) is 1.77. The largest absolute Gasteiger partial charge is 0.462 e. The van der Waals surface area contributed by atoms with Gasteiger partial charge in [-0.1, -0.05) is 0 Å². The fraction of sp³-hybridized carbons (Fsp3) is 0.167. The Morgan fingerprint density at radius 3 is 2.84 bits per heavy atom. The Kier molecular flexibility index (Phi) is 3.28. The molecule has 1 heterocycles. The molecule has 0 saturated carbocycles. The third-order valence-electron chi connectivity index (χ3n) is 2.57. The lowest BCUT2D eigenvalue weighted by molar-refractivity contribution is -0.384. The average Bonchev–Trinajstić information content (AvgIpc) is 2.39. The van der Waals surface area contributed by atoms with Gasteiger partial charge in [0.05, 0.1) is 16.9 Å². The van der Waals surface area contributed by atoms with Crippen molar-refractivity contribution in [3.63, 3.8) is 0 Å². The van der Waals surface area contributed by atoms with E-state index >= 15 is 0 Å². The number of benzene rings is 1. The number of nitrogens with zero attached hydrogens (tertiary/aromatic N) is 1. The van der Waals surface area contributed by atoms with Gasteiger partial charge in [-0.05, 0) is 13.0 Å². The number of esters is 1. The summed E-state index contributed by atoms with van der Waals surface area (Å²) < 4.78 is 4.74. The SMILES string of the molecule is CCOC(=O)c1c[nH]c2ccc([N+](=O)[O-])cc2c1=O. The number of aromatic amines is 1. The number of pyridine rings is 1. The number of H-pyrrole nitrogens is 1. The number of hydrogen-bond acceptors (Lipinski definition) is 5. The molecule has 0 bridgehead atoms. The van der Waals surface area contributed by atoms with Gasteiger partial charge in [-0.15, -0.1) is 0 Å². The van der Waals surface area contributed by atoms with E-state index in [1.807, 2.05) is 0 Å². The average molecular weight is 262 g/mol. The number of ether oxygens (including phenoxy) is 1. The lowest BCUT2D eigenvalue weighted by atomic mass is 10.1. The fourth-order valence-electron chi connectivity index (χ4n) is 1.68. The maximum Gasteiger partial charge on any atom is 0.343 e. The molecule has 0 aliphatic heterocycles. The van der Waals surface area contributed by atoms with E-state index in [0.717, 1.165) is 6.07 Å². The van der Waals surface area contributed by atoms with Gasteiger partial charge in [0.1, 0.15) is 5.56 Å². The molecule has 7 nitrogen and oxygen atoms in total. The molecule has 1 aromatic carbocycles. The van der Waals surface area contributed by atoms with Crippen molar-refractivity contribution in [2.75, 3.05) is 6.61 Å². The summed E-state index contributed by atoms with van der Waals surface area (Å²) in [5.74, 6) is -0.753. The number of fused-ring (bicyclic) bond motifs is 1. The van der Waals surface area contributed by atoms with E-state index in [2.05, 4.69) is 4.98 Å². The quantitative estimate of drug-likeness (QED) is 0.514. The van der Waals surface area contributed by atoms with E-state index in [1.54, 1.807) is 6.92 Å². The van der Waals surface area contributed by atoms with Crippen LogP contribution in [0.15, 0.2) is 29.2 Å². The molecule has 0 amide bonds. The van der Waals surface area contributed by atoms with E-state index in [-0.39, 0.29) is 23.2 Å². The van der Waals surface area contributed by atoms with Crippen molar-refractivity contribution in [1.29, 1.82) is 0 Å². The molecule has 2 aromatic rings. The second kappa shape index (κ2) is 4.89. The topological polar surface area (TPSA) is 102 Å². The van der Waals surface area contributed by atoms with Gasteiger partial charge < -0.3 is 9.72 Å². The maximum atomic E-state index is 12.1. The highest BCUT2D eigenvalue weighted by atomic mass is 16.6. The van der Waals surface area contributed by atoms with Crippen molar-refractivity contribution in [1.82, 2.24) is 4.98 Å². The Morgan fingerprint density at radius 2 is 2.21 bits per heavy atom. The molecule has 1 aromatic heterocycles. The van der Waals surface area contributed by atoms with Gasteiger partial charge >= 0.3 is 5.97 Å². The van der Waals surface area contributed by atoms with Crippen molar-refractivity contribution < 1.29 is 14.5 Å². The van der Waals surface area contributed by atoms with Crippen LogP contribution < -0.4 is 5.43 Å². The maximum absolute atomic E-state index is 12.1.